The molecule has 7 heteroatoms. The summed E-state index contributed by atoms with van der Waals surface area (Å²) in [5.74, 6) is -0.0661. The van der Waals surface area contributed by atoms with Crippen LogP contribution < -0.4 is 16.0 Å². The Morgan fingerprint density at radius 3 is 2.39 bits per heavy atom. The van der Waals surface area contributed by atoms with Gasteiger partial charge in [-0.3, -0.25) is 4.79 Å². The normalized spacial score (nSPS) is 11.5. The monoisotopic (exact) mass is 397 g/mol. The first-order chi connectivity index (χ1) is 13.5. The van der Waals surface area contributed by atoms with Gasteiger partial charge in [-0.2, -0.15) is 0 Å². The first kappa shape index (κ1) is 19.5. The zero-order valence-corrected chi connectivity index (χ0v) is 16.0. The molecular formula is C21H20ClN3O3. The van der Waals surface area contributed by atoms with E-state index in [9.17, 15) is 9.59 Å². The molecule has 3 amide bonds. The molecule has 1 atom stereocenters. The smallest absolute Gasteiger partial charge is 0.315 e. The van der Waals surface area contributed by atoms with Gasteiger partial charge in [0.1, 0.15) is 0 Å². The van der Waals surface area contributed by atoms with E-state index in [1.807, 2.05) is 31.2 Å². The van der Waals surface area contributed by atoms with Crippen molar-refractivity contribution in [2.24, 2.45) is 0 Å². The molecule has 1 heterocycles. The van der Waals surface area contributed by atoms with Crippen LogP contribution in [0.1, 0.15) is 34.6 Å². The van der Waals surface area contributed by atoms with Crippen LogP contribution >= 0.6 is 11.6 Å². The quantitative estimate of drug-likeness (QED) is 0.561. The van der Waals surface area contributed by atoms with Crippen molar-refractivity contribution in [3.63, 3.8) is 0 Å². The van der Waals surface area contributed by atoms with Crippen LogP contribution in [0.5, 0.6) is 0 Å². The highest BCUT2D eigenvalue weighted by atomic mass is 35.5. The summed E-state index contributed by atoms with van der Waals surface area (Å²) in [7, 11) is 0. The number of furan rings is 1. The Hall–Kier alpha value is -3.25. The van der Waals surface area contributed by atoms with Crippen LogP contribution in [-0.2, 0) is 6.54 Å². The predicted molar refractivity (Wildman–Crippen MR) is 108 cm³/mol. The van der Waals surface area contributed by atoms with E-state index >= 15 is 0 Å². The van der Waals surface area contributed by atoms with Gasteiger partial charge < -0.3 is 20.4 Å². The molecule has 1 aromatic heterocycles. The standard InChI is InChI=1S/C21H20ClN3O3/c1-14(16-6-8-17(22)9-7-16)24-21(27)23-13-15-4-10-18(11-5-15)25-20(26)19-3-2-12-28-19/h2-12,14H,13H2,1H3,(H,25,26)(H2,23,24,27). The summed E-state index contributed by atoms with van der Waals surface area (Å²) in [5, 5.41) is 9.09. The number of hydrogen-bond acceptors (Lipinski definition) is 3. The number of nitrogens with one attached hydrogen (secondary N) is 3. The van der Waals surface area contributed by atoms with Gasteiger partial charge >= 0.3 is 6.03 Å². The van der Waals surface area contributed by atoms with E-state index in [1.54, 1.807) is 36.4 Å². The van der Waals surface area contributed by atoms with E-state index in [-0.39, 0.29) is 23.7 Å². The molecular weight excluding hydrogens is 378 g/mol. The van der Waals surface area contributed by atoms with Gasteiger partial charge in [0.05, 0.1) is 12.3 Å². The van der Waals surface area contributed by atoms with Gasteiger partial charge in [-0.15, -0.1) is 0 Å². The minimum absolute atomic E-state index is 0.142. The van der Waals surface area contributed by atoms with Crippen molar-refractivity contribution < 1.29 is 14.0 Å². The Morgan fingerprint density at radius 2 is 1.75 bits per heavy atom. The summed E-state index contributed by atoms with van der Waals surface area (Å²) < 4.78 is 5.05. The SMILES string of the molecule is CC(NC(=O)NCc1ccc(NC(=O)c2ccco2)cc1)c1ccc(Cl)cc1. The highest BCUT2D eigenvalue weighted by Crippen LogP contribution is 2.16. The van der Waals surface area contributed by atoms with Crippen molar-refractivity contribution in [1.82, 2.24) is 10.6 Å². The molecule has 0 radical (unpaired) electrons. The van der Waals surface area contributed by atoms with E-state index < -0.39 is 0 Å². The van der Waals surface area contributed by atoms with Gasteiger partial charge in [-0.05, 0) is 54.4 Å². The third kappa shape index (κ3) is 5.37. The van der Waals surface area contributed by atoms with Gasteiger partial charge in [0.2, 0.25) is 0 Å². The van der Waals surface area contributed by atoms with Crippen molar-refractivity contribution in [3.05, 3.63) is 88.8 Å². The highest BCUT2D eigenvalue weighted by molar-refractivity contribution is 6.30. The second kappa shape index (κ2) is 9.10. The predicted octanol–water partition coefficient (Wildman–Crippen LogP) is 4.75. The van der Waals surface area contributed by atoms with E-state index in [0.29, 0.717) is 17.3 Å². The molecule has 144 valence electrons. The molecule has 3 aromatic rings. The molecule has 0 aliphatic carbocycles. The molecule has 0 saturated carbocycles. The average molecular weight is 398 g/mol. The second-order valence-corrected chi connectivity index (χ2v) is 6.67. The molecule has 3 rings (SSSR count). The Kier molecular flexibility index (Phi) is 6.34. The molecule has 3 N–H and O–H groups in total. The van der Waals surface area contributed by atoms with Crippen molar-refractivity contribution >= 4 is 29.2 Å². The highest BCUT2D eigenvalue weighted by Gasteiger charge is 2.10. The number of halogens is 1. The third-order valence-electron chi connectivity index (χ3n) is 4.13. The molecule has 6 nitrogen and oxygen atoms in total. The maximum Gasteiger partial charge on any atom is 0.315 e. The fraction of sp³-hybridized carbons (Fsp3) is 0.143. The second-order valence-electron chi connectivity index (χ2n) is 6.23. The number of carbonyl (C=O) groups excluding carboxylic acids is 2. The lowest BCUT2D eigenvalue weighted by Gasteiger charge is -2.15. The first-order valence-electron chi connectivity index (χ1n) is 8.75. The van der Waals surface area contributed by atoms with Crippen LogP contribution in [-0.4, -0.2) is 11.9 Å². The molecule has 0 aliphatic heterocycles. The summed E-state index contributed by atoms with van der Waals surface area (Å²) in [6.07, 6.45) is 1.45. The average Bonchev–Trinajstić information content (AvgIpc) is 3.23. The van der Waals surface area contributed by atoms with Crippen LogP contribution in [0, 0.1) is 0 Å². The fourth-order valence-electron chi connectivity index (χ4n) is 2.57. The molecule has 0 aliphatic rings. The minimum atomic E-state index is -0.313. The van der Waals surface area contributed by atoms with Crippen LogP contribution in [0.25, 0.3) is 0 Å². The number of carbonyl (C=O) groups is 2. The summed E-state index contributed by atoms with van der Waals surface area (Å²) >= 11 is 5.88. The number of hydrogen-bond donors (Lipinski definition) is 3. The molecule has 2 aromatic carbocycles. The lowest BCUT2D eigenvalue weighted by atomic mass is 10.1. The molecule has 0 saturated heterocycles. The fourth-order valence-corrected chi connectivity index (χ4v) is 2.70. The zero-order valence-electron chi connectivity index (χ0n) is 15.2. The Bertz CT molecular complexity index is 923. The molecule has 1 unspecified atom stereocenters. The first-order valence-corrected chi connectivity index (χ1v) is 9.12. The van der Waals surface area contributed by atoms with Crippen molar-refractivity contribution in [2.45, 2.75) is 19.5 Å². The number of benzene rings is 2. The molecule has 0 fully saturated rings. The Morgan fingerprint density at radius 1 is 1.04 bits per heavy atom. The van der Waals surface area contributed by atoms with Crippen LogP contribution in [0.2, 0.25) is 5.02 Å². The molecule has 28 heavy (non-hydrogen) atoms. The minimum Gasteiger partial charge on any atom is -0.459 e. The third-order valence-corrected chi connectivity index (χ3v) is 4.38. The van der Waals surface area contributed by atoms with Crippen LogP contribution in [0.15, 0.2) is 71.3 Å². The van der Waals surface area contributed by atoms with E-state index in [2.05, 4.69) is 16.0 Å². The number of urea groups is 1. The van der Waals surface area contributed by atoms with Gasteiger partial charge in [0, 0.05) is 17.3 Å². The van der Waals surface area contributed by atoms with Gasteiger partial charge in [0.15, 0.2) is 5.76 Å². The van der Waals surface area contributed by atoms with Gasteiger partial charge in [-0.1, -0.05) is 35.9 Å². The largest absolute Gasteiger partial charge is 0.459 e. The zero-order chi connectivity index (χ0) is 19.9. The lowest BCUT2D eigenvalue weighted by molar-refractivity contribution is 0.0996. The van der Waals surface area contributed by atoms with E-state index in [0.717, 1.165) is 11.1 Å². The molecule has 0 bridgehead atoms. The maximum atomic E-state index is 12.1. The molecule has 0 spiro atoms. The maximum absolute atomic E-state index is 12.1. The van der Waals surface area contributed by atoms with Crippen molar-refractivity contribution in [2.75, 3.05) is 5.32 Å². The Balaban J connectivity index is 1.47. The van der Waals surface area contributed by atoms with Crippen molar-refractivity contribution in [1.29, 1.82) is 0 Å². The van der Waals surface area contributed by atoms with E-state index in [1.165, 1.54) is 6.26 Å². The number of anilines is 1. The Labute approximate surface area is 167 Å². The van der Waals surface area contributed by atoms with Gasteiger partial charge in [-0.25, -0.2) is 4.79 Å². The number of amides is 3. The summed E-state index contributed by atoms with van der Waals surface area (Å²) in [6.45, 7) is 2.27. The van der Waals surface area contributed by atoms with Crippen LogP contribution in [0.3, 0.4) is 0 Å². The topological polar surface area (TPSA) is 83.4 Å². The summed E-state index contributed by atoms with van der Waals surface area (Å²) in [5.41, 5.74) is 2.52. The summed E-state index contributed by atoms with van der Waals surface area (Å²) in [6, 6.07) is 17.4. The van der Waals surface area contributed by atoms with E-state index in [4.69, 9.17) is 16.0 Å². The summed E-state index contributed by atoms with van der Waals surface area (Å²) in [4.78, 5) is 24.0. The lowest BCUT2D eigenvalue weighted by Crippen LogP contribution is -2.36. The number of rotatable bonds is 6. The van der Waals surface area contributed by atoms with Crippen LogP contribution in [0.4, 0.5) is 10.5 Å². The van der Waals surface area contributed by atoms with Crippen molar-refractivity contribution in [3.8, 4) is 0 Å². The van der Waals surface area contributed by atoms with Gasteiger partial charge in [0.25, 0.3) is 5.91 Å².